The Balaban J connectivity index is 2.17. The smallest absolute Gasteiger partial charge is 0.328 e. The van der Waals surface area contributed by atoms with Gasteiger partial charge in [-0.2, -0.15) is 0 Å². The number of amides is 1. The van der Waals surface area contributed by atoms with E-state index in [1.165, 1.54) is 6.92 Å². The van der Waals surface area contributed by atoms with Crippen molar-refractivity contribution in [3.63, 3.8) is 0 Å². The molecule has 0 bridgehead atoms. The lowest BCUT2D eigenvalue weighted by Gasteiger charge is -2.36. The standard InChI is InChI=1S/C25H25NO5/c1-18(27)26-23(24(28)29)17-31-25(19-9-5-3-6-10-19,20-11-7-4-8-12-20)21-13-15-22(30-2)16-14-21/h3-16,23H,17H2,1-2H3,(H,26,27)(H,28,29). The Hall–Kier alpha value is -3.64. The van der Waals surface area contributed by atoms with Crippen molar-refractivity contribution in [1.29, 1.82) is 0 Å². The highest BCUT2D eigenvalue weighted by Gasteiger charge is 2.39. The molecule has 3 aromatic carbocycles. The molecule has 0 saturated heterocycles. The maximum absolute atomic E-state index is 11.7. The number of ether oxygens (including phenoxy) is 2. The number of methoxy groups -OCH3 is 1. The first kappa shape index (κ1) is 22.1. The molecule has 0 heterocycles. The summed E-state index contributed by atoms with van der Waals surface area (Å²) in [5.74, 6) is -0.911. The van der Waals surface area contributed by atoms with Gasteiger partial charge in [-0.25, -0.2) is 4.79 Å². The van der Waals surface area contributed by atoms with Crippen LogP contribution in [-0.2, 0) is 19.9 Å². The van der Waals surface area contributed by atoms with Gasteiger partial charge in [0.15, 0.2) is 6.04 Å². The second-order valence-electron chi connectivity index (χ2n) is 7.04. The van der Waals surface area contributed by atoms with Crippen LogP contribution in [0.25, 0.3) is 0 Å². The van der Waals surface area contributed by atoms with E-state index < -0.39 is 23.5 Å². The number of carbonyl (C=O) groups is 2. The summed E-state index contributed by atoms with van der Waals surface area (Å²) >= 11 is 0. The molecule has 0 aliphatic heterocycles. The van der Waals surface area contributed by atoms with Crippen LogP contribution < -0.4 is 10.1 Å². The van der Waals surface area contributed by atoms with Crippen LogP contribution in [0.2, 0.25) is 0 Å². The number of hydrogen-bond acceptors (Lipinski definition) is 4. The van der Waals surface area contributed by atoms with E-state index in [1.54, 1.807) is 7.11 Å². The van der Waals surface area contributed by atoms with Crippen molar-refractivity contribution in [3.05, 3.63) is 102 Å². The average molecular weight is 419 g/mol. The van der Waals surface area contributed by atoms with Crippen molar-refractivity contribution in [2.24, 2.45) is 0 Å². The topological polar surface area (TPSA) is 84.9 Å². The molecule has 0 saturated carbocycles. The zero-order valence-corrected chi connectivity index (χ0v) is 17.4. The van der Waals surface area contributed by atoms with Crippen LogP contribution in [0.3, 0.4) is 0 Å². The Bertz CT molecular complexity index is 964. The Kier molecular flexibility index (Phi) is 7.05. The molecule has 31 heavy (non-hydrogen) atoms. The first-order valence-corrected chi connectivity index (χ1v) is 9.87. The summed E-state index contributed by atoms with van der Waals surface area (Å²) in [5, 5.41) is 12.0. The number of nitrogens with one attached hydrogen (secondary N) is 1. The van der Waals surface area contributed by atoms with Gasteiger partial charge >= 0.3 is 5.97 Å². The first-order valence-electron chi connectivity index (χ1n) is 9.87. The summed E-state index contributed by atoms with van der Waals surface area (Å²) in [4.78, 5) is 23.3. The Morgan fingerprint density at radius 3 is 1.77 bits per heavy atom. The van der Waals surface area contributed by atoms with Gasteiger partial charge in [-0.05, 0) is 28.8 Å². The second-order valence-corrected chi connectivity index (χ2v) is 7.04. The molecule has 3 rings (SSSR count). The fraction of sp³-hybridized carbons (Fsp3) is 0.200. The predicted molar refractivity (Wildman–Crippen MR) is 117 cm³/mol. The molecule has 0 aromatic heterocycles. The minimum Gasteiger partial charge on any atom is -0.497 e. The molecular weight excluding hydrogens is 394 g/mol. The van der Waals surface area contributed by atoms with E-state index in [-0.39, 0.29) is 6.61 Å². The number of carbonyl (C=O) groups excluding carboxylic acids is 1. The summed E-state index contributed by atoms with van der Waals surface area (Å²) in [6.07, 6.45) is 0. The maximum atomic E-state index is 11.7. The monoisotopic (exact) mass is 419 g/mol. The summed E-state index contributed by atoms with van der Waals surface area (Å²) in [6, 6.07) is 25.4. The molecule has 2 N–H and O–H groups in total. The van der Waals surface area contributed by atoms with Crippen LogP contribution in [0, 0.1) is 0 Å². The third-order valence-corrected chi connectivity index (χ3v) is 5.00. The van der Waals surface area contributed by atoms with Crippen molar-refractivity contribution in [3.8, 4) is 5.75 Å². The summed E-state index contributed by atoms with van der Waals surface area (Å²) in [5.41, 5.74) is 1.37. The maximum Gasteiger partial charge on any atom is 0.328 e. The van der Waals surface area contributed by atoms with E-state index in [9.17, 15) is 14.7 Å². The van der Waals surface area contributed by atoms with Crippen LogP contribution in [-0.4, -0.2) is 36.7 Å². The van der Waals surface area contributed by atoms with Crippen LogP contribution in [0.15, 0.2) is 84.9 Å². The highest BCUT2D eigenvalue weighted by Crippen LogP contribution is 2.41. The third kappa shape index (κ3) is 4.92. The lowest BCUT2D eigenvalue weighted by Crippen LogP contribution is -2.46. The SMILES string of the molecule is COc1ccc(C(OCC(NC(C)=O)C(=O)O)(c2ccccc2)c2ccccc2)cc1. The molecule has 160 valence electrons. The van der Waals surface area contributed by atoms with Crippen molar-refractivity contribution >= 4 is 11.9 Å². The van der Waals surface area contributed by atoms with E-state index in [4.69, 9.17) is 9.47 Å². The molecule has 6 heteroatoms. The van der Waals surface area contributed by atoms with E-state index in [1.807, 2.05) is 84.9 Å². The molecule has 1 amide bonds. The van der Waals surface area contributed by atoms with Gasteiger partial charge in [0.05, 0.1) is 13.7 Å². The predicted octanol–water partition coefficient (Wildman–Crippen LogP) is 3.59. The van der Waals surface area contributed by atoms with Gasteiger partial charge in [0.2, 0.25) is 5.91 Å². The molecule has 1 atom stereocenters. The molecular formula is C25H25NO5. The molecule has 0 fully saturated rings. The zero-order valence-electron chi connectivity index (χ0n) is 17.4. The molecule has 6 nitrogen and oxygen atoms in total. The number of rotatable bonds is 9. The quantitative estimate of drug-likeness (QED) is 0.518. The summed E-state index contributed by atoms with van der Waals surface area (Å²) in [6.45, 7) is 1.05. The van der Waals surface area contributed by atoms with Crippen LogP contribution in [0.1, 0.15) is 23.6 Å². The number of hydrogen-bond donors (Lipinski definition) is 2. The Morgan fingerprint density at radius 1 is 0.871 bits per heavy atom. The molecule has 3 aromatic rings. The Morgan fingerprint density at radius 2 is 1.35 bits per heavy atom. The van der Waals surface area contributed by atoms with Crippen molar-refractivity contribution < 1.29 is 24.2 Å². The van der Waals surface area contributed by atoms with E-state index in [0.29, 0.717) is 5.75 Å². The molecule has 0 spiro atoms. The molecule has 0 aliphatic carbocycles. The van der Waals surface area contributed by atoms with Gasteiger partial charge in [-0.1, -0.05) is 72.8 Å². The third-order valence-electron chi connectivity index (χ3n) is 5.00. The minimum atomic E-state index is -1.19. The lowest BCUT2D eigenvalue weighted by atomic mass is 9.80. The van der Waals surface area contributed by atoms with Crippen molar-refractivity contribution in [2.45, 2.75) is 18.6 Å². The van der Waals surface area contributed by atoms with Crippen LogP contribution >= 0.6 is 0 Å². The summed E-state index contributed by atoms with van der Waals surface area (Å²) in [7, 11) is 1.60. The van der Waals surface area contributed by atoms with Crippen LogP contribution in [0.5, 0.6) is 5.75 Å². The molecule has 1 unspecified atom stereocenters. The summed E-state index contributed by atoms with van der Waals surface area (Å²) < 4.78 is 11.8. The number of carboxylic acid groups (broad SMARTS) is 1. The zero-order chi connectivity index (χ0) is 22.3. The van der Waals surface area contributed by atoms with Crippen molar-refractivity contribution in [1.82, 2.24) is 5.32 Å². The van der Waals surface area contributed by atoms with E-state index in [0.717, 1.165) is 16.7 Å². The Labute approximate surface area is 181 Å². The average Bonchev–Trinajstić information content (AvgIpc) is 2.80. The fourth-order valence-corrected chi connectivity index (χ4v) is 3.55. The highest BCUT2D eigenvalue weighted by atomic mass is 16.5. The van der Waals surface area contributed by atoms with Gasteiger partial charge in [0.25, 0.3) is 0 Å². The number of benzene rings is 3. The number of carboxylic acids is 1. The van der Waals surface area contributed by atoms with E-state index in [2.05, 4.69) is 5.32 Å². The second kappa shape index (κ2) is 9.91. The van der Waals surface area contributed by atoms with E-state index >= 15 is 0 Å². The molecule has 0 radical (unpaired) electrons. The first-order chi connectivity index (χ1) is 15.0. The number of aliphatic carboxylic acids is 1. The lowest BCUT2D eigenvalue weighted by molar-refractivity contribution is -0.144. The van der Waals surface area contributed by atoms with Gasteiger partial charge in [-0.3, -0.25) is 4.79 Å². The normalized spacial score (nSPS) is 12.1. The van der Waals surface area contributed by atoms with Gasteiger partial charge in [-0.15, -0.1) is 0 Å². The van der Waals surface area contributed by atoms with Crippen molar-refractivity contribution in [2.75, 3.05) is 13.7 Å². The fourth-order valence-electron chi connectivity index (χ4n) is 3.55. The minimum absolute atomic E-state index is 0.231. The van der Waals surface area contributed by atoms with Gasteiger partial charge in [0.1, 0.15) is 11.4 Å². The molecule has 0 aliphatic rings. The van der Waals surface area contributed by atoms with Gasteiger partial charge < -0.3 is 19.9 Å². The largest absolute Gasteiger partial charge is 0.497 e. The van der Waals surface area contributed by atoms with Crippen LogP contribution in [0.4, 0.5) is 0 Å². The van der Waals surface area contributed by atoms with Gasteiger partial charge in [0, 0.05) is 6.92 Å². The highest BCUT2D eigenvalue weighted by molar-refractivity contribution is 5.82.